The number of carboxylic acids is 1. The van der Waals surface area contributed by atoms with Gasteiger partial charge in [-0.2, -0.15) is 11.8 Å². The number of aliphatic hydroxyl groups is 1. The van der Waals surface area contributed by atoms with Crippen LogP contribution in [0.15, 0.2) is 4.99 Å². The van der Waals surface area contributed by atoms with Crippen LogP contribution in [0.25, 0.3) is 0 Å². The monoisotopic (exact) mass is 505 g/mol. The van der Waals surface area contributed by atoms with Gasteiger partial charge in [0.15, 0.2) is 5.96 Å². The molecular formula is C20H39N7O6S. The van der Waals surface area contributed by atoms with Gasteiger partial charge < -0.3 is 43.4 Å². The fourth-order valence-electron chi connectivity index (χ4n) is 2.90. The van der Waals surface area contributed by atoms with Crippen LogP contribution < -0.4 is 33.2 Å². The maximum absolute atomic E-state index is 13.0. The summed E-state index contributed by atoms with van der Waals surface area (Å²) < 4.78 is 0. The fraction of sp³-hybridized carbons (Fsp3) is 0.750. The molecule has 0 aromatic carbocycles. The van der Waals surface area contributed by atoms with Crippen LogP contribution in [0.5, 0.6) is 0 Å². The van der Waals surface area contributed by atoms with Crippen LogP contribution in [0.1, 0.15) is 39.5 Å². The van der Waals surface area contributed by atoms with Gasteiger partial charge in [-0.1, -0.05) is 13.8 Å². The summed E-state index contributed by atoms with van der Waals surface area (Å²) in [5.41, 5.74) is 16.6. The van der Waals surface area contributed by atoms with Crippen LogP contribution in [0.4, 0.5) is 0 Å². The van der Waals surface area contributed by atoms with Crippen molar-refractivity contribution in [3.63, 3.8) is 0 Å². The largest absolute Gasteiger partial charge is 0.480 e. The summed E-state index contributed by atoms with van der Waals surface area (Å²) >= 11 is 1.43. The summed E-state index contributed by atoms with van der Waals surface area (Å²) in [5, 5.41) is 25.6. The van der Waals surface area contributed by atoms with Gasteiger partial charge in [0.2, 0.25) is 17.7 Å². The van der Waals surface area contributed by atoms with Crippen molar-refractivity contribution in [2.24, 2.45) is 28.1 Å². The molecule has 0 bridgehead atoms. The first-order valence-corrected chi connectivity index (χ1v) is 12.4. The first-order valence-electron chi connectivity index (χ1n) is 11.0. The molecule has 0 radical (unpaired) electrons. The Kier molecular flexibility index (Phi) is 15.7. The van der Waals surface area contributed by atoms with E-state index in [1.807, 2.05) is 20.1 Å². The Labute approximate surface area is 204 Å². The van der Waals surface area contributed by atoms with E-state index < -0.39 is 54.5 Å². The highest BCUT2D eigenvalue weighted by atomic mass is 32.2. The number of guanidine groups is 1. The zero-order valence-corrected chi connectivity index (χ0v) is 20.8. The molecule has 13 nitrogen and oxygen atoms in total. The van der Waals surface area contributed by atoms with E-state index >= 15 is 0 Å². The molecule has 0 aromatic heterocycles. The molecule has 0 rings (SSSR count). The highest BCUT2D eigenvalue weighted by Crippen LogP contribution is 2.07. The molecule has 0 fully saturated rings. The van der Waals surface area contributed by atoms with Gasteiger partial charge in [-0.25, -0.2) is 4.79 Å². The van der Waals surface area contributed by atoms with E-state index in [0.29, 0.717) is 18.6 Å². The number of carbonyl (C=O) groups is 4. The van der Waals surface area contributed by atoms with Gasteiger partial charge in [0.05, 0.1) is 12.6 Å². The third kappa shape index (κ3) is 13.2. The minimum absolute atomic E-state index is 0.102. The summed E-state index contributed by atoms with van der Waals surface area (Å²) in [7, 11) is 0. The lowest BCUT2D eigenvalue weighted by molar-refractivity contribution is -0.143. The van der Waals surface area contributed by atoms with Crippen LogP contribution in [-0.4, -0.2) is 89.2 Å². The maximum atomic E-state index is 13.0. The van der Waals surface area contributed by atoms with Crippen molar-refractivity contribution in [3.05, 3.63) is 0 Å². The predicted octanol–water partition coefficient (Wildman–Crippen LogP) is -2.30. The Hall–Kier alpha value is -2.58. The molecule has 0 aromatic rings. The number of nitrogens with two attached hydrogens (primary N) is 3. The van der Waals surface area contributed by atoms with Gasteiger partial charge in [-0.05, 0) is 43.6 Å². The maximum Gasteiger partial charge on any atom is 0.328 e. The summed E-state index contributed by atoms with van der Waals surface area (Å²) in [6, 6.07) is -4.41. The summed E-state index contributed by atoms with van der Waals surface area (Å²) in [6.45, 7) is 3.26. The van der Waals surface area contributed by atoms with Crippen molar-refractivity contribution in [2.45, 2.75) is 63.7 Å². The highest BCUT2D eigenvalue weighted by Gasteiger charge is 2.30. The number of aliphatic hydroxyl groups excluding tert-OH is 1. The highest BCUT2D eigenvalue weighted by molar-refractivity contribution is 7.98. The van der Waals surface area contributed by atoms with Gasteiger partial charge in [0.25, 0.3) is 0 Å². The molecule has 0 spiro atoms. The molecule has 34 heavy (non-hydrogen) atoms. The number of aliphatic carboxylic acids is 1. The number of carbonyl (C=O) groups excluding carboxylic acids is 3. The second-order valence-corrected chi connectivity index (χ2v) is 9.16. The molecule has 196 valence electrons. The number of thioether (sulfide) groups is 1. The topological polar surface area (TPSA) is 235 Å². The molecule has 0 aliphatic heterocycles. The van der Waals surface area contributed by atoms with Gasteiger partial charge in [0.1, 0.15) is 18.1 Å². The Morgan fingerprint density at radius 2 is 1.47 bits per heavy atom. The quantitative estimate of drug-likeness (QED) is 0.0597. The predicted molar refractivity (Wildman–Crippen MR) is 131 cm³/mol. The third-order valence-electron chi connectivity index (χ3n) is 4.68. The van der Waals surface area contributed by atoms with E-state index in [0.717, 1.165) is 0 Å². The standard InChI is InChI=1S/C20H39N7O6S/c1-11(2)9-12(21)16(29)25-13(5-4-7-24-20(22)23)17(30)26-14(6-8-34-3)18(31)27-15(10-28)19(32)33/h11-15,28H,4-10,21H2,1-3H3,(H,25,29)(H,26,30)(H,27,31)(H,32,33)(H4,22,23,24). The average Bonchev–Trinajstić information content (AvgIpc) is 2.75. The van der Waals surface area contributed by atoms with Crippen molar-refractivity contribution in [3.8, 4) is 0 Å². The van der Waals surface area contributed by atoms with Gasteiger partial charge >= 0.3 is 5.97 Å². The van der Waals surface area contributed by atoms with Crippen LogP contribution in [0.2, 0.25) is 0 Å². The molecule has 3 amide bonds. The van der Waals surface area contributed by atoms with Crippen molar-refractivity contribution >= 4 is 41.4 Å². The minimum Gasteiger partial charge on any atom is -0.480 e. The Bertz CT molecular complexity index is 703. The zero-order chi connectivity index (χ0) is 26.3. The molecule has 0 heterocycles. The van der Waals surface area contributed by atoms with Crippen LogP contribution in [-0.2, 0) is 19.2 Å². The first-order chi connectivity index (χ1) is 15.9. The van der Waals surface area contributed by atoms with Crippen LogP contribution in [0, 0.1) is 5.92 Å². The molecule has 0 aliphatic rings. The van der Waals surface area contributed by atoms with Crippen molar-refractivity contribution in [1.29, 1.82) is 0 Å². The number of nitrogens with one attached hydrogen (secondary N) is 3. The number of aliphatic imine (C=N–C) groups is 1. The Morgan fingerprint density at radius 3 is 1.94 bits per heavy atom. The van der Waals surface area contributed by atoms with Crippen molar-refractivity contribution in [2.75, 3.05) is 25.2 Å². The first kappa shape index (κ1) is 31.4. The Balaban J connectivity index is 5.47. The SMILES string of the molecule is CSCCC(NC(=O)C(CCCN=C(N)N)NC(=O)C(N)CC(C)C)C(=O)NC(CO)C(=O)O. The fourth-order valence-corrected chi connectivity index (χ4v) is 3.37. The van der Waals surface area contributed by atoms with Gasteiger partial charge in [0, 0.05) is 6.54 Å². The number of hydrogen-bond donors (Lipinski definition) is 8. The molecule has 0 saturated carbocycles. The van der Waals surface area contributed by atoms with E-state index in [4.69, 9.17) is 22.3 Å². The third-order valence-corrected chi connectivity index (χ3v) is 5.33. The molecule has 4 unspecified atom stereocenters. The number of hydrogen-bond acceptors (Lipinski definition) is 8. The second-order valence-electron chi connectivity index (χ2n) is 8.17. The van der Waals surface area contributed by atoms with E-state index in [-0.39, 0.29) is 31.3 Å². The van der Waals surface area contributed by atoms with E-state index in [2.05, 4.69) is 20.9 Å². The number of rotatable bonds is 17. The lowest BCUT2D eigenvalue weighted by Gasteiger charge is -2.25. The van der Waals surface area contributed by atoms with Crippen LogP contribution in [0.3, 0.4) is 0 Å². The molecule has 4 atom stereocenters. The number of carboxylic acid groups (broad SMARTS) is 1. The van der Waals surface area contributed by atoms with E-state index in [1.165, 1.54) is 11.8 Å². The second kappa shape index (κ2) is 16.9. The Morgan fingerprint density at radius 1 is 0.941 bits per heavy atom. The van der Waals surface area contributed by atoms with Crippen LogP contribution >= 0.6 is 11.8 Å². The van der Waals surface area contributed by atoms with Crippen molar-refractivity contribution < 1.29 is 29.4 Å². The number of nitrogens with zero attached hydrogens (tertiary/aromatic N) is 1. The van der Waals surface area contributed by atoms with Crippen molar-refractivity contribution in [1.82, 2.24) is 16.0 Å². The minimum atomic E-state index is -1.51. The smallest absolute Gasteiger partial charge is 0.328 e. The molecule has 0 saturated heterocycles. The van der Waals surface area contributed by atoms with Gasteiger partial charge in [-0.3, -0.25) is 19.4 Å². The summed E-state index contributed by atoms with van der Waals surface area (Å²) in [4.78, 5) is 53.1. The lowest BCUT2D eigenvalue weighted by atomic mass is 10.0. The summed E-state index contributed by atoms with van der Waals surface area (Å²) in [6.07, 6.45) is 2.98. The lowest BCUT2D eigenvalue weighted by Crippen LogP contribution is -2.57. The molecule has 14 heteroatoms. The molecule has 11 N–H and O–H groups in total. The molecule has 0 aliphatic carbocycles. The number of amides is 3. The van der Waals surface area contributed by atoms with Gasteiger partial charge in [-0.15, -0.1) is 0 Å². The molecular weight excluding hydrogens is 466 g/mol. The normalized spacial score (nSPS) is 14.4. The summed E-state index contributed by atoms with van der Waals surface area (Å²) in [5.74, 6) is -2.74. The van der Waals surface area contributed by atoms with E-state index in [9.17, 15) is 24.3 Å². The van der Waals surface area contributed by atoms with E-state index in [1.54, 1.807) is 0 Å². The zero-order valence-electron chi connectivity index (χ0n) is 20.0. The average molecular weight is 506 g/mol.